The predicted molar refractivity (Wildman–Crippen MR) is 115 cm³/mol. The van der Waals surface area contributed by atoms with Crippen LogP contribution < -0.4 is 4.74 Å². The third-order valence-electron chi connectivity index (χ3n) is 5.60. The number of carbonyl (C=O) groups excluding carboxylic acids is 1. The second-order valence-corrected chi connectivity index (χ2v) is 8.15. The molecule has 1 amide bonds. The molecule has 0 bridgehead atoms. The summed E-state index contributed by atoms with van der Waals surface area (Å²) in [5.74, 6) is 1.59. The molecule has 1 aliphatic heterocycles. The monoisotopic (exact) mass is 398 g/mol. The van der Waals surface area contributed by atoms with Gasteiger partial charge in [0.1, 0.15) is 5.75 Å². The highest BCUT2D eigenvalue weighted by atomic mass is 16.5. The van der Waals surface area contributed by atoms with Crippen LogP contribution in [-0.2, 0) is 24.8 Å². The van der Waals surface area contributed by atoms with Gasteiger partial charge in [0.15, 0.2) is 0 Å². The summed E-state index contributed by atoms with van der Waals surface area (Å²) < 4.78 is 7.46. The Morgan fingerprint density at radius 3 is 2.52 bits per heavy atom. The molecule has 0 radical (unpaired) electrons. The molecule has 2 heterocycles. The Morgan fingerprint density at radius 2 is 1.90 bits per heavy atom. The van der Waals surface area contributed by atoms with Crippen molar-refractivity contribution in [3.63, 3.8) is 0 Å². The number of likely N-dealkylation sites (tertiary alicyclic amines) is 1. The number of amides is 1. The van der Waals surface area contributed by atoms with Gasteiger partial charge >= 0.3 is 0 Å². The van der Waals surface area contributed by atoms with E-state index in [2.05, 4.69) is 37.2 Å². The van der Waals surface area contributed by atoms with E-state index in [0.29, 0.717) is 18.9 Å². The first-order valence-corrected chi connectivity index (χ1v) is 10.6. The molecule has 1 saturated heterocycles. The number of aryl methyl sites for hydroxylation is 2. The van der Waals surface area contributed by atoms with Crippen molar-refractivity contribution in [3.05, 3.63) is 47.3 Å². The zero-order valence-electron chi connectivity index (χ0n) is 18.2. The number of benzene rings is 1. The number of hydrogen-bond donors (Lipinski definition) is 0. The number of aromatic nitrogens is 2. The third-order valence-corrected chi connectivity index (χ3v) is 5.60. The minimum Gasteiger partial charge on any atom is -0.494 e. The van der Waals surface area contributed by atoms with Crippen molar-refractivity contribution in [2.45, 2.75) is 45.1 Å². The minimum atomic E-state index is 0.256. The van der Waals surface area contributed by atoms with E-state index < -0.39 is 0 Å². The van der Waals surface area contributed by atoms with Crippen molar-refractivity contribution in [1.82, 2.24) is 19.6 Å². The van der Waals surface area contributed by atoms with Crippen LogP contribution in [0, 0.1) is 0 Å². The molecule has 1 aromatic carbocycles. The second kappa shape index (κ2) is 9.92. The van der Waals surface area contributed by atoms with Gasteiger partial charge in [0.2, 0.25) is 5.91 Å². The molecular weight excluding hydrogens is 364 g/mol. The van der Waals surface area contributed by atoms with E-state index in [1.54, 1.807) is 0 Å². The molecule has 3 rings (SSSR count). The molecule has 1 aromatic heterocycles. The standard InChI is InChI=1S/C23H34N4O2/c1-5-29-21-9-6-18(7-10-21)8-11-23(28)27-14-12-19(13-15-27)22-16-20(17-25(2)3)26(4)24-22/h6-7,9-10,16,19H,5,8,11-15,17H2,1-4H3. The van der Waals surface area contributed by atoms with E-state index in [4.69, 9.17) is 9.84 Å². The molecule has 0 unspecified atom stereocenters. The van der Waals surface area contributed by atoms with Crippen molar-refractivity contribution in [3.8, 4) is 5.75 Å². The van der Waals surface area contributed by atoms with Crippen LogP contribution in [0.25, 0.3) is 0 Å². The number of ether oxygens (including phenoxy) is 1. The van der Waals surface area contributed by atoms with Gasteiger partial charge in [0.05, 0.1) is 18.0 Å². The van der Waals surface area contributed by atoms with E-state index in [1.807, 2.05) is 35.7 Å². The van der Waals surface area contributed by atoms with Crippen LogP contribution in [0.5, 0.6) is 5.75 Å². The molecule has 0 saturated carbocycles. The predicted octanol–water partition coefficient (Wildman–Crippen LogP) is 3.22. The number of nitrogens with zero attached hydrogens (tertiary/aromatic N) is 4. The van der Waals surface area contributed by atoms with Crippen LogP contribution in [0.3, 0.4) is 0 Å². The van der Waals surface area contributed by atoms with Crippen LogP contribution >= 0.6 is 0 Å². The van der Waals surface area contributed by atoms with Crippen LogP contribution in [0.15, 0.2) is 30.3 Å². The minimum absolute atomic E-state index is 0.256. The Morgan fingerprint density at radius 1 is 1.21 bits per heavy atom. The first-order valence-electron chi connectivity index (χ1n) is 10.6. The summed E-state index contributed by atoms with van der Waals surface area (Å²) >= 11 is 0. The largest absolute Gasteiger partial charge is 0.494 e. The topological polar surface area (TPSA) is 50.6 Å². The van der Waals surface area contributed by atoms with Crippen LogP contribution in [0.4, 0.5) is 0 Å². The quantitative estimate of drug-likeness (QED) is 0.685. The van der Waals surface area contributed by atoms with Gasteiger partial charge in [-0.2, -0.15) is 5.10 Å². The maximum Gasteiger partial charge on any atom is 0.222 e. The number of rotatable bonds is 8. The molecule has 2 aromatic rings. The lowest BCUT2D eigenvalue weighted by Gasteiger charge is -2.31. The maximum atomic E-state index is 12.6. The van der Waals surface area contributed by atoms with Crippen LogP contribution in [0.1, 0.15) is 49.1 Å². The van der Waals surface area contributed by atoms with Crippen LogP contribution in [-0.4, -0.2) is 59.3 Å². The number of piperidine rings is 1. The van der Waals surface area contributed by atoms with Crippen molar-refractivity contribution in [2.75, 3.05) is 33.8 Å². The molecule has 1 aliphatic rings. The van der Waals surface area contributed by atoms with Crippen molar-refractivity contribution >= 4 is 5.91 Å². The van der Waals surface area contributed by atoms with Crippen molar-refractivity contribution in [1.29, 1.82) is 0 Å². The van der Waals surface area contributed by atoms with Gasteiger partial charge in [-0.05, 0) is 64.0 Å². The first-order chi connectivity index (χ1) is 14.0. The summed E-state index contributed by atoms with van der Waals surface area (Å²) in [4.78, 5) is 16.8. The highest BCUT2D eigenvalue weighted by Gasteiger charge is 2.25. The van der Waals surface area contributed by atoms with Gasteiger partial charge in [-0.3, -0.25) is 9.48 Å². The Kier molecular flexibility index (Phi) is 7.31. The molecular formula is C23H34N4O2. The van der Waals surface area contributed by atoms with E-state index in [9.17, 15) is 4.79 Å². The SMILES string of the molecule is CCOc1ccc(CCC(=O)N2CCC(c3cc(CN(C)C)n(C)n3)CC2)cc1. The molecule has 6 heteroatoms. The van der Waals surface area contributed by atoms with Crippen LogP contribution in [0.2, 0.25) is 0 Å². The van der Waals surface area contributed by atoms with Gasteiger partial charge in [-0.25, -0.2) is 0 Å². The first kappa shape index (κ1) is 21.4. The second-order valence-electron chi connectivity index (χ2n) is 8.15. The highest BCUT2D eigenvalue weighted by molar-refractivity contribution is 5.76. The smallest absolute Gasteiger partial charge is 0.222 e. The summed E-state index contributed by atoms with van der Waals surface area (Å²) in [5.41, 5.74) is 3.59. The molecule has 0 atom stereocenters. The highest BCUT2D eigenvalue weighted by Crippen LogP contribution is 2.28. The van der Waals surface area contributed by atoms with E-state index in [1.165, 1.54) is 17.0 Å². The molecule has 0 spiro atoms. The van der Waals surface area contributed by atoms with Gasteiger partial charge in [0, 0.05) is 39.0 Å². The Hall–Kier alpha value is -2.34. The van der Waals surface area contributed by atoms with Crippen molar-refractivity contribution < 1.29 is 9.53 Å². The summed E-state index contributed by atoms with van der Waals surface area (Å²) in [6.45, 7) is 5.20. The molecule has 0 aliphatic carbocycles. The van der Waals surface area contributed by atoms with Gasteiger partial charge in [-0.15, -0.1) is 0 Å². The lowest BCUT2D eigenvalue weighted by atomic mass is 9.93. The molecule has 1 fully saturated rings. The summed E-state index contributed by atoms with van der Waals surface area (Å²) in [6.07, 6.45) is 3.33. The van der Waals surface area contributed by atoms with Crippen molar-refractivity contribution in [2.24, 2.45) is 7.05 Å². The zero-order valence-corrected chi connectivity index (χ0v) is 18.2. The lowest BCUT2D eigenvalue weighted by Crippen LogP contribution is -2.38. The molecule has 0 N–H and O–H groups in total. The lowest BCUT2D eigenvalue weighted by molar-refractivity contribution is -0.132. The average molecular weight is 399 g/mol. The van der Waals surface area contributed by atoms with Gasteiger partial charge < -0.3 is 14.5 Å². The molecule has 158 valence electrons. The number of hydrogen-bond acceptors (Lipinski definition) is 4. The zero-order chi connectivity index (χ0) is 20.8. The third kappa shape index (κ3) is 5.82. The fourth-order valence-corrected chi connectivity index (χ4v) is 3.95. The normalized spacial score (nSPS) is 15.1. The van der Waals surface area contributed by atoms with E-state index in [-0.39, 0.29) is 5.91 Å². The maximum absolute atomic E-state index is 12.6. The Balaban J connectivity index is 1.47. The summed E-state index contributed by atoms with van der Waals surface area (Å²) in [7, 11) is 6.16. The van der Waals surface area contributed by atoms with Gasteiger partial charge in [0.25, 0.3) is 0 Å². The Bertz CT molecular complexity index is 790. The summed E-state index contributed by atoms with van der Waals surface area (Å²) in [6, 6.07) is 10.3. The van der Waals surface area contributed by atoms with E-state index >= 15 is 0 Å². The fraction of sp³-hybridized carbons (Fsp3) is 0.565. The fourth-order valence-electron chi connectivity index (χ4n) is 3.95. The average Bonchev–Trinajstić information content (AvgIpc) is 3.07. The Labute approximate surface area is 174 Å². The van der Waals surface area contributed by atoms with E-state index in [0.717, 1.165) is 44.6 Å². The van der Waals surface area contributed by atoms with Gasteiger partial charge in [-0.1, -0.05) is 12.1 Å². The molecule has 29 heavy (non-hydrogen) atoms. The summed E-state index contributed by atoms with van der Waals surface area (Å²) in [5, 5.41) is 4.73. The molecule has 6 nitrogen and oxygen atoms in total. The number of carbonyl (C=O) groups is 1.